The molecule has 2 amide bonds. The second kappa shape index (κ2) is 8.12. The zero-order chi connectivity index (χ0) is 20.3. The second-order valence-corrected chi connectivity index (χ2v) is 6.84. The maximum Gasteiger partial charge on any atom is 0.308 e. The van der Waals surface area contributed by atoms with E-state index in [4.69, 9.17) is 9.84 Å². The van der Waals surface area contributed by atoms with Crippen LogP contribution in [0.5, 0.6) is 5.75 Å². The average Bonchev–Trinajstić information content (AvgIpc) is 3.06. The minimum absolute atomic E-state index is 0.00603. The highest BCUT2D eigenvalue weighted by Crippen LogP contribution is 2.27. The molecule has 7 nitrogen and oxygen atoms in total. The van der Waals surface area contributed by atoms with Gasteiger partial charge in [-0.3, -0.25) is 14.4 Å². The van der Waals surface area contributed by atoms with Crippen LogP contribution in [0, 0.1) is 19.8 Å². The van der Waals surface area contributed by atoms with Gasteiger partial charge < -0.3 is 20.1 Å². The molecule has 1 aliphatic rings. The molecule has 1 saturated heterocycles. The van der Waals surface area contributed by atoms with Crippen LogP contribution in [-0.2, 0) is 14.4 Å². The number of hydrogen-bond acceptors (Lipinski definition) is 4. The Hall–Kier alpha value is -3.35. The van der Waals surface area contributed by atoms with E-state index in [0.717, 1.165) is 16.8 Å². The number of benzene rings is 2. The van der Waals surface area contributed by atoms with Gasteiger partial charge in [0.1, 0.15) is 5.75 Å². The maximum atomic E-state index is 12.2. The summed E-state index contributed by atoms with van der Waals surface area (Å²) in [5, 5.41) is 11.9. The number of para-hydroxylation sites is 1. The molecule has 1 aliphatic heterocycles. The predicted molar refractivity (Wildman–Crippen MR) is 105 cm³/mol. The largest absolute Gasteiger partial charge is 0.484 e. The van der Waals surface area contributed by atoms with Crippen LogP contribution in [0.3, 0.4) is 0 Å². The molecule has 0 radical (unpaired) electrons. The van der Waals surface area contributed by atoms with Gasteiger partial charge in [0.2, 0.25) is 5.91 Å². The van der Waals surface area contributed by atoms with Gasteiger partial charge >= 0.3 is 5.97 Å². The van der Waals surface area contributed by atoms with Crippen molar-refractivity contribution < 1.29 is 24.2 Å². The number of nitrogens with zero attached hydrogens (tertiary/aromatic N) is 1. The highest BCUT2D eigenvalue weighted by Gasteiger charge is 2.34. The first-order valence-corrected chi connectivity index (χ1v) is 8.97. The summed E-state index contributed by atoms with van der Waals surface area (Å²) in [6.45, 7) is 3.87. The molecule has 3 rings (SSSR count). The number of anilines is 2. The number of amides is 2. The third-order valence-corrected chi connectivity index (χ3v) is 4.74. The number of aryl methyl sites for hydroxylation is 2. The van der Waals surface area contributed by atoms with E-state index in [0.29, 0.717) is 11.4 Å². The predicted octanol–water partition coefficient (Wildman–Crippen LogP) is 2.76. The average molecular weight is 382 g/mol. The Morgan fingerprint density at radius 2 is 1.79 bits per heavy atom. The third kappa shape index (κ3) is 4.31. The first-order valence-electron chi connectivity index (χ1n) is 8.97. The van der Waals surface area contributed by atoms with Crippen LogP contribution < -0.4 is 15.0 Å². The molecule has 28 heavy (non-hydrogen) atoms. The van der Waals surface area contributed by atoms with E-state index in [2.05, 4.69) is 5.32 Å². The highest BCUT2D eigenvalue weighted by molar-refractivity contribution is 5.99. The lowest BCUT2D eigenvalue weighted by atomic mass is 10.1. The first kappa shape index (κ1) is 19.4. The van der Waals surface area contributed by atoms with Crippen molar-refractivity contribution in [1.29, 1.82) is 0 Å². The van der Waals surface area contributed by atoms with Crippen LogP contribution in [-0.4, -0.2) is 36.0 Å². The van der Waals surface area contributed by atoms with Crippen LogP contribution in [0.1, 0.15) is 17.5 Å². The lowest BCUT2D eigenvalue weighted by Gasteiger charge is -2.16. The molecule has 146 valence electrons. The van der Waals surface area contributed by atoms with E-state index in [9.17, 15) is 14.4 Å². The standard InChI is InChI=1S/C21H22N2O5/c1-13-4-3-5-14(2)20(13)22-18(24)12-28-17-8-6-16(7-9-17)23-11-15(21(26)27)10-19(23)25/h3-9,15H,10-12H2,1-2H3,(H,22,24)(H,26,27). The van der Waals surface area contributed by atoms with Gasteiger partial charge in [-0.15, -0.1) is 0 Å². The Morgan fingerprint density at radius 3 is 2.36 bits per heavy atom. The molecule has 1 unspecified atom stereocenters. The van der Waals surface area contributed by atoms with Gasteiger partial charge in [0.25, 0.3) is 5.91 Å². The van der Waals surface area contributed by atoms with Crippen LogP contribution in [0.4, 0.5) is 11.4 Å². The summed E-state index contributed by atoms with van der Waals surface area (Å²) in [5.74, 6) is -1.64. The molecular weight excluding hydrogens is 360 g/mol. The van der Waals surface area contributed by atoms with Gasteiger partial charge in [0.15, 0.2) is 6.61 Å². The zero-order valence-electron chi connectivity index (χ0n) is 15.8. The third-order valence-electron chi connectivity index (χ3n) is 4.74. The summed E-state index contributed by atoms with van der Waals surface area (Å²) in [4.78, 5) is 36.7. The molecule has 1 heterocycles. The van der Waals surface area contributed by atoms with E-state index in [1.165, 1.54) is 4.90 Å². The van der Waals surface area contributed by atoms with Gasteiger partial charge in [0.05, 0.1) is 5.92 Å². The molecule has 0 bridgehead atoms. The number of carbonyl (C=O) groups is 3. The number of ether oxygens (including phenoxy) is 1. The number of aliphatic carboxylic acids is 1. The Morgan fingerprint density at radius 1 is 1.14 bits per heavy atom. The van der Waals surface area contributed by atoms with E-state index >= 15 is 0 Å². The number of nitrogens with one attached hydrogen (secondary N) is 1. The van der Waals surface area contributed by atoms with Gasteiger partial charge in [0, 0.05) is 24.3 Å². The summed E-state index contributed by atoms with van der Waals surface area (Å²) in [5.41, 5.74) is 3.35. The molecule has 7 heteroatoms. The smallest absolute Gasteiger partial charge is 0.308 e. The molecule has 1 atom stereocenters. The van der Waals surface area contributed by atoms with Crippen molar-refractivity contribution in [2.45, 2.75) is 20.3 Å². The summed E-state index contributed by atoms with van der Waals surface area (Å²) in [6, 6.07) is 12.5. The minimum Gasteiger partial charge on any atom is -0.484 e. The van der Waals surface area contributed by atoms with E-state index in [1.807, 2.05) is 32.0 Å². The number of carboxylic acid groups (broad SMARTS) is 1. The molecule has 0 saturated carbocycles. The summed E-state index contributed by atoms with van der Waals surface area (Å²) < 4.78 is 5.51. The van der Waals surface area contributed by atoms with Crippen LogP contribution in [0.15, 0.2) is 42.5 Å². The Balaban J connectivity index is 1.57. The van der Waals surface area contributed by atoms with Crippen molar-refractivity contribution in [1.82, 2.24) is 0 Å². The van der Waals surface area contributed by atoms with E-state index in [-0.39, 0.29) is 31.4 Å². The topological polar surface area (TPSA) is 95.9 Å². The van der Waals surface area contributed by atoms with Crippen molar-refractivity contribution in [3.8, 4) is 5.75 Å². The fraction of sp³-hybridized carbons (Fsp3) is 0.286. The molecule has 2 N–H and O–H groups in total. The summed E-state index contributed by atoms with van der Waals surface area (Å²) in [6.07, 6.45) is 0.00603. The molecule has 2 aromatic rings. The van der Waals surface area contributed by atoms with Crippen LogP contribution in [0.25, 0.3) is 0 Å². The quantitative estimate of drug-likeness (QED) is 0.801. The van der Waals surface area contributed by atoms with Gasteiger partial charge in [-0.1, -0.05) is 18.2 Å². The normalized spacial score (nSPS) is 16.1. The fourth-order valence-corrected chi connectivity index (χ4v) is 3.18. The number of carboxylic acids is 1. The van der Waals surface area contributed by atoms with Gasteiger partial charge in [-0.05, 0) is 49.2 Å². The zero-order valence-corrected chi connectivity index (χ0v) is 15.8. The first-order chi connectivity index (χ1) is 13.3. The fourth-order valence-electron chi connectivity index (χ4n) is 3.18. The molecule has 2 aromatic carbocycles. The Labute approximate surface area is 162 Å². The van der Waals surface area contributed by atoms with Crippen molar-refractivity contribution >= 4 is 29.2 Å². The highest BCUT2D eigenvalue weighted by atomic mass is 16.5. The van der Waals surface area contributed by atoms with Crippen molar-refractivity contribution in [2.75, 3.05) is 23.4 Å². The number of rotatable bonds is 6. The Bertz CT molecular complexity index is 887. The summed E-state index contributed by atoms with van der Waals surface area (Å²) >= 11 is 0. The molecule has 0 aromatic heterocycles. The van der Waals surface area contributed by atoms with Crippen LogP contribution >= 0.6 is 0 Å². The van der Waals surface area contributed by atoms with Crippen molar-refractivity contribution in [2.24, 2.45) is 5.92 Å². The Kier molecular flexibility index (Phi) is 5.63. The van der Waals surface area contributed by atoms with Crippen molar-refractivity contribution in [3.05, 3.63) is 53.6 Å². The van der Waals surface area contributed by atoms with Crippen molar-refractivity contribution in [3.63, 3.8) is 0 Å². The van der Waals surface area contributed by atoms with E-state index < -0.39 is 11.9 Å². The number of hydrogen-bond donors (Lipinski definition) is 2. The maximum absolute atomic E-state index is 12.2. The molecule has 0 aliphatic carbocycles. The monoisotopic (exact) mass is 382 g/mol. The SMILES string of the molecule is Cc1cccc(C)c1NC(=O)COc1ccc(N2CC(C(=O)O)CC2=O)cc1. The molecule has 1 fully saturated rings. The minimum atomic E-state index is -0.967. The number of carbonyl (C=O) groups excluding carboxylic acids is 2. The molecular formula is C21H22N2O5. The molecule has 0 spiro atoms. The lowest BCUT2D eigenvalue weighted by Crippen LogP contribution is -2.25. The lowest BCUT2D eigenvalue weighted by molar-refractivity contribution is -0.141. The van der Waals surface area contributed by atoms with Crippen LogP contribution in [0.2, 0.25) is 0 Å². The van der Waals surface area contributed by atoms with Gasteiger partial charge in [-0.2, -0.15) is 0 Å². The van der Waals surface area contributed by atoms with Gasteiger partial charge in [-0.25, -0.2) is 0 Å². The summed E-state index contributed by atoms with van der Waals surface area (Å²) in [7, 11) is 0. The second-order valence-electron chi connectivity index (χ2n) is 6.84. The van der Waals surface area contributed by atoms with E-state index in [1.54, 1.807) is 24.3 Å².